The maximum absolute atomic E-state index is 11.9. The summed E-state index contributed by atoms with van der Waals surface area (Å²) >= 11 is 0. The Hall–Kier alpha value is -2.64. The fourth-order valence-corrected chi connectivity index (χ4v) is 2.19. The van der Waals surface area contributed by atoms with Crippen molar-refractivity contribution in [2.45, 2.75) is 18.9 Å². The van der Waals surface area contributed by atoms with Crippen molar-refractivity contribution in [1.82, 2.24) is 15.2 Å². The van der Waals surface area contributed by atoms with Crippen molar-refractivity contribution in [3.63, 3.8) is 0 Å². The highest BCUT2D eigenvalue weighted by Gasteiger charge is 2.27. The van der Waals surface area contributed by atoms with Crippen LogP contribution in [-0.2, 0) is 4.79 Å². The zero-order chi connectivity index (χ0) is 15.1. The molecule has 1 atom stereocenters. The first kappa shape index (κ1) is 14.8. The third kappa shape index (κ3) is 3.91. The van der Waals surface area contributed by atoms with Crippen molar-refractivity contribution in [2.24, 2.45) is 0 Å². The number of nitriles is 2. The molecule has 1 fully saturated rings. The monoisotopic (exact) mass is 284 g/mol. The van der Waals surface area contributed by atoms with E-state index >= 15 is 0 Å². The maximum Gasteiger partial charge on any atom is 0.237 e. The molecule has 1 aromatic rings. The molecular weight excluding hydrogens is 268 g/mol. The second-order valence-corrected chi connectivity index (χ2v) is 4.70. The lowest BCUT2D eigenvalue weighted by atomic mass is 10.2. The molecule has 2 N–H and O–H groups in total. The van der Waals surface area contributed by atoms with Crippen LogP contribution in [0, 0.1) is 22.7 Å². The van der Waals surface area contributed by atoms with Crippen LogP contribution < -0.4 is 10.6 Å². The first-order chi connectivity index (χ1) is 10.2. The predicted molar refractivity (Wildman–Crippen MR) is 75.8 cm³/mol. The molecule has 0 radical (unpaired) electrons. The Morgan fingerprint density at radius 1 is 1.48 bits per heavy atom. The predicted octanol–water partition coefficient (Wildman–Crippen LogP) is 0.427. The van der Waals surface area contributed by atoms with Crippen LogP contribution in [0.5, 0.6) is 0 Å². The Morgan fingerprint density at radius 2 is 2.33 bits per heavy atom. The molecule has 7 nitrogen and oxygen atoms in total. The number of nitrogens with zero attached hydrogens (tertiary/aromatic N) is 4. The minimum Gasteiger partial charge on any atom is -0.358 e. The molecule has 2 heterocycles. The molecule has 0 saturated carbocycles. The van der Waals surface area contributed by atoms with Gasteiger partial charge in [0.1, 0.15) is 17.9 Å². The summed E-state index contributed by atoms with van der Waals surface area (Å²) < 4.78 is 0. The third-order valence-electron chi connectivity index (χ3n) is 3.29. The quantitative estimate of drug-likeness (QED) is 0.600. The van der Waals surface area contributed by atoms with Crippen molar-refractivity contribution in [2.75, 3.05) is 25.1 Å². The van der Waals surface area contributed by atoms with Crippen LogP contribution in [0.2, 0.25) is 0 Å². The standard InChI is InChI=1S/C14H16N6O/c15-6-11-3-4-13(18-8-11)19-10-17-9-14(21)20-5-1-2-12(20)7-16/h3-4,8,12,17H,1-2,5,9-10H2,(H,18,19). The molecule has 0 spiro atoms. The van der Waals surface area contributed by atoms with Crippen LogP contribution >= 0.6 is 0 Å². The summed E-state index contributed by atoms with van der Waals surface area (Å²) in [4.78, 5) is 17.6. The molecule has 0 aromatic carbocycles. The van der Waals surface area contributed by atoms with E-state index in [9.17, 15) is 4.79 Å². The zero-order valence-corrected chi connectivity index (χ0v) is 11.5. The van der Waals surface area contributed by atoms with Gasteiger partial charge in [-0.2, -0.15) is 10.5 Å². The minimum atomic E-state index is -0.285. The van der Waals surface area contributed by atoms with Crippen molar-refractivity contribution in [3.05, 3.63) is 23.9 Å². The largest absolute Gasteiger partial charge is 0.358 e. The van der Waals surface area contributed by atoms with Gasteiger partial charge in [0.2, 0.25) is 5.91 Å². The summed E-state index contributed by atoms with van der Waals surface area (Å²) in [6.07, 6.45) is 3.13. The van der Waals surface area contributed by atoms with Crippen LogP contribution in [0.25, 0.3) is 0 Å². The highest BCUT2D eigenvalue weighted by atomic mass is 16.2. The maximum atomic E-state index is 11.9. The van der Waals surface area contributed by atoms with Gasteiger partial charge in [0, 0.05) is 12.7 Å². The molecule has 1 unspecified atom stereocenters. The van der Waals surface area contributed by atoms with Crippen molar-refractivity contribution in [1.29, 1.82) is 10.5 Å². The van der Waals surface area contributed by atoms with E-state index in [1.54, 1.807) is 17.0 Å². The number of amides is 1. The number of rotatable bonds is 5. The van der Waals surface area contributed by atoms with Crippen molar-refractivity contribution in [3.8, 4) is 12.1 Å². The molecule has 1 aromatic heterocycles. The molecule has 1 saturated heterocycles. The summed E-state index contributed by atoms with van der Waals surface area (Å²) in [5, 5.41) is 23.6. The van der Waals surface area contributed by atoms with Crippen LogP contribution in [0.3, 0.4) is 0 Å². The fraction of sp³-hybridized carbons (Fsp3) is 0.429. The van der Waals surface area contributed by atoms with Gasteiger partial charge < -0.3 is 10.2 Å². The Balaban J connectivity index is 1.71. The SMILES string of the molecule is N#Cc1ccc(NCNCC(=O)N2CCCC2C#N)nc1. The molecular formula is C14H16N6O. The van der Waals surface area contributed by atoms with Gasteiger partial charge in [-0.05, 0) is 25.0 Å². The molecule has 2 rings (SSSR count). The van der Waals surface area contributed by atoms with E-state index in [2.05, 4.69) is 21.7 Å². The highest BCUT2D eigenvalue weighted by molar-refractivity contribution is 5.79. The topological polar surface area (TPSA) is 105 Å². The molecule has 0 bridgehead atoms. The third-order valence-corrected chi connectivity index (χ3v) is 3.29. The number of nitrogens with one attached hydrogen (secondary N) is 2. The van der Waals surface area contributed by atoms with Crippen LogP contribution in [0.15, 0.2) is 18.3 Å². The Bertz CT molecular complexity index is 571. The molecule has 108 valence electrons. The van der Waals surface area contributed by atoms with Crippen LogP contribution in [-0.4, -0.2) is 41.6 Å². The summed E-state index contributed by atoms with van der Waals surface area (Å²) in [6.45, 7) is 1.22. The van der Waals surface area contributed by atoms with Gasteiger partial charge in [0.05, 0.1) is 24.8 Å². The fourth-order valence-electron chi connectivity index (χ4n) is 2.19. The number of likely N-dealkylation sites (tertiary alicyclic amines) is 1. The molecule has 1 amide bonds. The number of aromatic nitrogens is 1. The smallest absolute Gasteiger partial charge is 0.237 e. The minimum absolute atomic E-state index is 0.0614. The summed E-state index contributed by atoms with van der Waals surface area (Å²) in [5.41, 5.74) is 0.500. The number of hydrogen-bond donors (Lipinski definition) is 2. The highest BCUT2D eigenvalue weighted by Crippen LogP contribution is 2.15. The summed E-state index contributed by atoms with van der Waals surface area (Å²) in [7, 11) is 0. The van der Waals surface area contributed by atoms with Crippen LogP contribution in [0.1, 0.15) is 18.4 Å². The number of pyridine rings is 1. The second kappa shape index (κ2) is 7.22. The molecule has 1 aliphatic heterocycles. The molecule has 7 heteroatoms. The van der Waals surface area contributed by atoms with E-state index in [0.717, 1.165) is 12.8 Å². The zero-order valence-electron chi connectivity index (χ0n) is 11.5. The number of hydrogen-bond acceptors (Lipinski definition) is 6. The molecule has 0 aliphatic carbocycles. The van der Waals surface area contributed by atoms with Crippen LogP contribution in [0.4, 0.5) is 5.82 Å². The molecule has 1 aliphatic rings. The second-order valence-electron chi connectivity index (χ2n) is 4.70. The lowest BCUT2D eigenvalue weighted by Crippen LogP contribution is -2.41. The number of carbonyl (C=O) groups is 1. The van der Waals surface area contributed by atoms with E-state index in [1.807, 2.05) is 6.07 Å². The van der Waals surface area contributed by atoms with E-state index in [4.69, 9.17) is 10.5 Å². The lowest BCUT2D eigenvalue weighted by molar-refractivity contribution is -0.130. The molecule has 21 heavy (non-hydrogen) atoms. The van der Waals surface area contributed by atoms with Gasteiger partial charge in [-0.15, -0.1) is 0 Å². The van der Waals surface area contributed by atoms with E-state index in [-0.39, 0.29) is 18.5 Å². The average Bonchev–Trinajstić information content (AvgIpc) is 3.00. The summed E-state index contributed by atoms with van der Waals surface area (Å²) in [5.74, 6) is 0.568. The van der Waals surface area contributed by atoms with E-state index < -0.39 is 0 Å². The normalized spacial score (nSPS) is 17.0. The average molecular weight is 284 g/mol. The Kier molecular flexibility index (Phi) is 5.08. The van der Waals surface area contributed by atoms with Gasteiger partial charge in [0.25, 0.3) is 0 Å². The van der Waals surface area contributed by atoms with Gasteiger partial charge in [-0.25, -0.2) is 4.98 Å². The number of anilines is 1. The van der Waals surface area contributed by atoms with Gasteiger partial charge in [-0.1, -0.05) is 0 Å². The van der Waals surface area contributed by atoms with Gasteiger partial charge in [0.15, 0.2) is 0 Å². The van der Waals surface area contributed by atoms with Crippen molar-refractivity contribution < 1.29 is 4.79 Å². The Morgan fingerprint density at radius 3 is 3.00 bits per heavy atom. The van der Waals surface area contributed by atoms with Crippen molar-refractivity contribution >= 4 is 11.7 Å². The first-order valence-corrected chi connectivity index (χ1v) is 6.74. The summed E-state index contributed by atoms with van der Waals surface area (Å²) in [6, 6.07) is 7.23. The van der Waals surface area contributed by atoms with E-state index in [1.165, 1.54) is 6.20 Å². The van der Waals surface area contributed by atoms with Gasteiger partial charge >= 0.3 is 0 Å². The lowest BCUT2D eigenvalue weighted by Gasteiger charge is -2.19. The number of carbonyl (C=O) groups excluding carboxylic acids is 1. The Labute approximate surface area is 123 Å². The van der Waals surface area contributed by atoms with Gasteiger partial charge in [-0.3, -0.25) is 10.1 Å². The van der Waals surface area contributed by atoms with E-state index in [0.29, 0.717) is 24.6 Å². The first-order valence-electron chi connectivity index (χ1n) is 6.74.